The van der Waals surface area contributed by atoms with Crippen molar-refractivity contribution in [1.29, 1.82) is 0 Å². The Morgan fingerprint density at radius 3 is 2.64 bits per heavy atom. The van der Waals surface area contributed by atoms with E-state index in [0.717, 1.165) is 29.0 Å². The Morgan fingerprint density at radius 1 is 1.27 bits per heavy atom. The zero-order valence-corrected chi connectivity index (χ0v) is 14.9. The maximum absolute atomic E-state index is 11.8. The zero-order chi connectivity index (χ0) is 15.5. The first-order valence-electron chi connectivity index (χ1n) is 7.51. The number of carbonyl (C=O) groups is 1. The van der Waals surface area contributed by atoms with Gasteiger partial charge >= 0.3 is 0 Å². The molecule has 1 aliphatic heterocycles. The monoisotopic (exact) mass is 378 g/mol. The van der Waals surface area contributed by atoms with E-state index in [1.54, 1.807) is 11.3 Å². The molecule has 0 radical (unpaired) electrons. The van der Waals surface area contributed by atoms with Crippen molar-refractivity contribution in [3.8, 4) is 0 Å². The average Bonchev–Trinajstić information content (AvgIpc) is 3.13. The summed E-state index contributed by atoms with van der Waals surface area (Å²) in [4.78, 5) is 15.0. The van der Waals surface area contributed by atoms with Crippen LogP contribution in [0.3, 0.4) is 0 Å². The largest absolute Gasteiger partial charge is 0.312 e. The van der Waals surface area contributed by atoms with Gasteiger partial charge in [0.15, 0.2) is 0 Å². The fourth-order valence-electron chi connectivity index (χ4n) is 2.68. The lowest BCUT2D eigenvalue weighted by Crippen LogP contribution is -2.23. The maximum atomic E-state index is 11.8. The normalized spacial score (nSPS) is 16.3. The van der Waals surface area contributed by atoms with E-state index in [1.807, 2.05) is 4.90 Å². The predicted molar refractivity (Wildman–Crippen MR) is 95.3 cm³/mol. The fraction of sp³-hybridized carbons (Fsp3) is 0.353. The van der Waals surface area contributed by atoms with Crippen LogP contribution in [0.2, 0.25) is 0 Å². The van der Waals surface area contributed by atoms with Gasteiger partial charge in [-0.2, -0.15) is 0 Å². The zero-order valence-electron chi connectivity index (χ0n) is 12.5. The topological polar surface area (TPSA) is 32.3 Å². The van der Waals surface area contributed by atoms with Gasteiger partial charge in [-0.05, 0) is 59.1 Å². The molecule has 116 valence electrons. The molecule has 22 heavy (non-hydrogen) atoms. The SMILES string of the molecule is CC(NCc1ccc(Br)s1)c1ccc(N2CCCC2=O)cc1. The van der Waals surface area contributed by atoms with Crippen LogP contribution in [0.15, 0.2) is 40.2 Å². The van der Waals surface area contributed by atoms with Crippen LogP contribution in [0.25, 0.3) is 0 Å². The molecule has 1 atom stereocenters. The van der Waals surface area contributed by atoms with Gasteiger partial charge in [-0.25, -0.2) is 0 Å². The quantitative estimate of drug-likeness (QED) is 0.830. The first-order valence-corrected chi connectivity index (χ1v) is 9.12. The van der Waals surface area contributed by atoms with Gasteiger partial charge in [0.2, 0.25) is 5.91 Å². The Labute approximate surface area is 143 Å². The van der Waals surface area contributed by atoms with Gasteiger partial charge < -0.3 is 10.2 Å². The third kappa shape index (κ3) is 3.59. The van der Waals surface area contributed by atoms with Crippen LogP contribution in [0.5, 0.6) is 0 Å². The van der Waals surface area contributed by atoms with Gasteiger partial charge in [-0.1, -0.05) is 12.1 Å². The summed E-state index contributed by atoms with van der Waals surface area (Å²) in [6.45, 7) is 3.88. The minimum Gasteiger partial charge on any atom is -0.312 e. The number of nitrogens with zero attached hydrogens (tertiary/aromatic N) is 1. The van der Waals surface area contributed by atoms with Gasteiger partial charge in [-0.15, -0.1) is 11.3 Å². The molecule has 1 fully saturated rings. The molecule has 1 aromatic carbocycles. The number of nitrogens with one attached hydrogen (secondary N) is 1. The number of anilines is 1. The van der Waals surface area contributed by atoms with Gasteiger partial charge in [0.05, 0.1) is 3.79 Å². The van der Waals surface area contributed by atoms with Crippen LogP contribution in [0, 0.1) is 0 Å². The summed E-state index contributed by atoms with van der Waals surface area (Å²) in [6, 6.07) is 12.8. The first kappa shape index (κ1) is 15.7. The molecule has 1 unspecified atom stereocenters. The van der Waals surface area contributed by atoms with Crippen LogP contribution in [-0.2, 0) is 11.3 Å². The molecule has 1 amide bonds. The lowest BCUT2D eigenvalue weighted by Gasteiger charge is -2.18. The standard InChI is InChI=1S/C17H19BrN2OS/c1-12(19-11-15-8-9-16(18)22-15)13-4-6-14(7-5-13)20-10-2-3-17(20)21/h4-9,12,19H,2-3,10-11H2,1H3. The summed E-state index contributed by atoms with van der Waals surface area (Å²) in [5.74, 6) is 0.238. The molecular formula is C17H19BrN2OS. The van der Waals surface area contributed by atoms with Crippen molar-refractivity contribution in [1.82, 2.24) is 5.32 Å². The molecule has 0 aliphatic carbocycles. The Hall–Kier alpha value is -1.17. The number of thiophene rings is 1. The fourth-order valence-corrected chi connectivity index (χ4v) is 4.12. The van der Waals surface area contributed by atoms with Crippen LogP contribution in [0.1, 0.15) is 36.2 Å². The number of hydrogen-bond donors (Lipinski definition) is 1. The highest BCUT2D eigenvalue weighted by atomic mass is 79.9. The second-order valence-corrected chi connectivity index (χ2v) is 8.10. The molecule has 2 heterocycles. The van der Waals surface area contributed by atoms with Crippen molar-refractivity contribution >= 4 is 38.9 Å². The van der Waals surface area contributed by atoms with Crippen molar-refractivity contribution in [2.24, 2.45) is 0 Å². The van der Waals surface area contributed by atoms with Gasteiger partial charge in [-0.3, -0.25) is 4.79 Å². The second-order valence-electron chi connectivity index (χ2n) is 5.55. The van der Waals surface area contributed by atoms with Gasteiger partial charge in [0.1, 0.15) is 0 Å². The molecular weight excluding hydrogens is 360 g/mol. The van der Waals surface area contributed by atoms with Crippen LogP contribution in [-0.4, -0.2) is 12.5 Å². The highest BCUT2D eigenvalue weighted by Gasteiger charge is 2.21. The Balaban J connectivity index is 1.60. The van der Waals surface area contributed by atoms with Crippen molar-refractivity contribution in [3.05, 3.63) is 50.6 Å². The summed E-state index contributed by atoms with van der Waals surface area (Å²) in [5, 5.41) is 3.54. The average molecular weight is 379 g/mol. The van der Waals surface area contributed by atoms with E-state index >= 15 is 0 Å². The molecule has 1 saturated heterocycles. The number of amides is 1. The summed E-state index contributed by atoms with van der Waals surface area (Å²) >= 11 is 5.24. The summed E-state index contributed by atoms with van der Waals surface area (Å²) in [7, 11) is 0. The molecule has 1 aliphatic rings. The lowest BCUT2D eigenvalue weighted by atomic mass is 10.1. The van der Waals surface area contributed by atoms with Crippen molar-refractivity contribution in [2.75, 3.05) is 11.4 Å². The third-order valence-corrected chi connectivity index (χ3v) is 5.61. The van der Waals surface area contributed by atoms with E-state index in [-0.39, 0.29) is 11.9 Å². The Morgan fingerprint density at radius 2 is 2.05 bits per heavy atom. The highest BCUT2D eigenvalue weighted by Crippen LogP contribution is 2.25. The van der Waals surface area contributed by atoms with Crippen molar-refractivity contribution < 1.29 is 4.79 Å². The lowest BCUT2D eigenvalue weighted by molar-refractivity contribution is -0.117. The number of halogens is 1. The van der Waals surface area contributed by atoms with E-state index in [0.29, 0.717) is 6.42 Å². The second kappa shape index (κ2) is 6.94. The summed E-state index contributed by atoms with van der Waals surface area (Å²) in [6.07, 6.45) is 1.64. The number of benzene rings is 1. The van der Waals surface area contributed by atoms with Gasteiger partial charge in [0.25, 0.3) is 0 Å². The molecule has 2 aromatic rings. The third-order valence-electron chi connectivity index (χ3n) is 3.99. The van der Waals surface area contributed by atoms with Crippen molar-refractivity contribution in [3.63, 3.8) is 0 Å². The van der Waals surface area contributed by atoms with E-state index < -0.39 is 0 Å². The summed E-state index contributed by atoms with van der Waals surface area (Å²) in [5.41, 5.74) is 2.26. The Kier molecular flexibility index (Phi) is 4.96. The van der Waals surface area contributed by atoms with Crippen molar-refractivity contribution in [2.45, 2.75) is 32.4 Å². The molecule has 0 saturated carbocycles. The maximum Gasteiger partial charge on any atom is 0.227 e. The van der Waals surface area contributed by atoms with E-state index in [2.05, 4.69) is 64.6 Å². The van der Waals surface area contributed by atoms with E-state index in [4.69, 9.17) is 0 Å². The molecule has 3 nitrogen and oxygen atoms in total. The molecule has 5 heteroatoms. The highest BCUT2D eigenvalue weighted by molar-refractivity contribution is 9.11. The number of hydrogen-bond acceptors (Lipinski definition) is 3. The predicted octanol–water partition coefficient (Wildman–Crippen LogP) is 4.49. The smallest absolute Gasteiger partial charge is 0.227 e. The van der Waals surface area contributed by atoms with E-state index in [1.165, 1.54) is 10.4 Å². The number of rotatable bonds is 5. The molecule has 1 aromatic heterocycles. The Bertz CT molecular complexity index is 653. The molecule has 0 spiro atoms. The minimum absolute atomic E-state index is 0.238. The summed E-state index contributed by atoms with van der Waals surface area (Å²) < 4.78 is 1.16. The first-order chi connectivity index (χ1) is 10.6. The van der Waals surface area contributed by atoms with E-state index in [9.17, 15) is 4.79 Å². The molecule has 3 rings (SSSR count). The minimum atomic E-state index is 0.238. The van der Waals surface area contributed by atoms with Crippen LogP contribution < -0.4 is 10.2 Å². The van der Waals surface area contributed by atoms with Crippen LogP contribution in [0.4, 0.5) is 5.69 Å². The molecule has 0 bridgehead atoms. The number of carbonyl (C=O) groups excluding carboxylic acids is 1. The van der Waals surface area contributed by atoms with Gasteiger partial charge in [0, 0.05) is 36.1 Å². The van der Waals surface area contributed by atoms with Crippen LogP contribution >= 0.6 is 27.3 Å². The molecule has 1 N–H and O–H groups in total.